The van der Waals surface area contributed by atoms with Crippen LogP contribution in [0.15, 0.2) is 57.9 Å². The second kappa shape index (κ2) is 5.97. The Morgan fingerprint density at radius 3 is 2.48 bits per heavy atom. The molecule has 21 heavy (non-hydrogen) atoms. The molecule has 0 bridgehead atoms. The van der Waals surface area contributed by atoms with Crippen LogP contribution in [0, 0.1) is 5.82 Å². The molecule has 1 heterocycles. The fraction of sp³-hybridized carbons (Fsp3) is 0.0667. The molecule has 3 rings (SSSR count). The van der Waals surface area contributed by atoms with Crippen molar-refractivity contribution in [3.63, 3.8) is 0 Å². The molecule has 106 valence electrons. The molecule has 0 saturated carbocycles. The van der Waals surface area contributed by atoms with Gasteiger partial charge in [-0.1, -0.05) is 5.16 Å². The lowest BCUT2D eigenvalue weighted by atomic mass is 10.2. The second-order valence-corrected chi connectivity index (χ2v) is 5.43. The van der Waals surface area contributed by atoms with Crippen LogP contribution in [0.4, 0.5) is 10.1 Å². The van der Waals surface area contributed by atoms with Crippen molar-refractivity contribution < 1.29 is 8.91 Å². The zero-order valence-corrected chi connectivity index (χ0v) is 11.8. The topological polar surface area (TPSA) is 64.9 Å². The van der Waals surface area contributed by atoms with E-state index in [4.69, 9.17) is 10.3 Å². The van der Waals surface area contributed by atoms with Gasteiger partial charge in [-0.2, -0.15) is 4.98 Å². The third kappa shape index (κ3) is 3.41. The van der Waals surface area contributed by atoms with Crippen molar-refractivity contribution in [2.24, 2.45) is 0 Å². The van der Waals surface area contributed by atoms with Crippen LogP contribution in [0.3, 0.4) is 0 Å². The minimum Gasteiger partial charge on any atom is -0.399 e. The van der Waals surface area contributed by atoms with Crippen LogP contribution in [0.5, 0.6) is 0 Å². The molecular weight excluding hydrogens is 289 g/mol. The minimum atomic E-state index is -0.290. The summed E-state index contributed by atoms with van der Waals surface area (Å²) in [7, 11) is 0. The molecule has 0 aliphatic heterocycles. The van der Waals surface area contributed by atoms with Gasteiger partial charge in [0.1, 0.15) is 5.82 Å². The van der Waals surface area contributed by atoms with Crippen molar-refractivity contribution >= 4 is 17.4 Å². The Morgan fingerprint density at radius 2 is 1.76 bits per heavy atom. The highest BCUT2D eigenvalue weighted by molar-refractivity contribution is 7.98. The van der Waals surface area contributed by atoms with Gasteiger partial charge in [0.15, 0.2) is 0 Å². The first kappa shape index (κ1) is 13.6. The van der Waals surface area contributed by atoms with E-state index in [2.05, 4.69) is 10.1 Å². The highest BCUT2D eigenvalue weighted by atomic mass is 32.2. The van der Waals surface area contributed by atoms with Gasteiger partial charge in [-0.3, -0.25) is 0 Å². The van der Waals surface area contributed by atoms with Crippen molar-refractivity contribution in [1.29, 1.82) is 0 Å². The first-order chi connectivity index (χ1) is 10.2. The van der Waals surface area contributed by atoms with Crippen LogP contribution < -0.4 is 5.73 Å². The number of anilines is 1. The average Bonchev–Trinajstić information content (AvgIpc) is 2.96. The molecule has 0 unspecified atom stereocenters. The second-order valence-electron chi connectivity index (χ2n) is 4.38. The Morgan fingerprint density at radius 1 is 1.05 bits per heavy atom. The molecule has 0 aliphatic rings. The Kier molecular flexibility index (Phi) is 3.87. The Bertz CT molecular complexity index is 725. The molecule has 0 amide bonds. The van der Waals surface area contributed by atoms with Gasteiger partial charge in [-0.25, -0.2) is 4.39 Å². The van der Waals surface area contributed by atoms with Crippen molar-refractivity contribution in [1.82, 2.24) is 10.1 Å². The minimum absolute atomic E-state index is 0.290. The normalized spacial score (nSPS) is 10.7. The summed E-state index contributed by atoms with van der Waals surface area (Å²) in [5.74, 6) is 1.26. The van der Waals surface area contributed by atoms with Crippen molar-refractivity contribution in [2.45, 2.75) is 10.6 Å². The van der Waals surface area contributed by atoms with Crippen LogP contribution in [-0.4, -0.2) is 10.1 Å². The molecular formula is C15H12FN3OS. The molecule has 0 radical (unpaired) electrons. The number of rotatable bonds is 4. The summed E-state index contributed by atoms with van der Waals surface area (Å²) in [6, 6.07) is 13.6. The van der Waals surface area contributed by atoms with Gasteiger partial charge in [0, 0.05) is 16.1 Å². The zero-order valence-electron chi connectivity index (χ0n) is 11.0. The molecule has 6 heteroatoms. The summed E-state index contributed by atoms with van der Waals surface area (Å²) in [5, 5.41) is 3.90. The first-order valence-corrected chi connectivity index (χ1v) is 7.26. The molecule has 0 saturated heterocycles. The van der Waals surface area contributed by atoms with Crippen LogP contribution >= 0.6 is 11.8 Å². The van der Waals surface area contributed by atoms with E-state index >= 15 is 0 Å². The van der Waals surface area contributed by atoms with E-state index in [-0.39, 0.29) is 5.82 Å². The number of benzene rings is 2. The molecule has 3 aromatic rings. The largest absolute Gasteiger partial charge is 0.399 e. The first-order valence-electron chi connectivity index (χ1n) is 6.27. The van der Waals surface area contributed by atoms with E-state index in [1.165, 1.54) is 12.1 Å². The quantitative estimate of drug-likeness (QED) is 0.587. The monoisotopic (exact) mass is 301 g/mol. The molecule has 2 N–H and O–H groups in total. The molecule has 4 nitrogen and oxygen atoms in total. The standard InChI is InChI=1S/C15H12FN3OS/c16-11-3-1-10(2-4-11)15-18-14(20-19-15)9-21-13-7-5-12(17)6-8-13/h1-8H,9,17H2. The highest BCUT2D eigenvalue weighted by Gasteiger charge is 2.09. The predicted octanol–water partition coefficient (Wildman–Crippen LogP) is 3.75. The smallest absolute Gasteiger partial charge is 0.237 e. The van der Waals surface area contributed by atoms with Gasteiger partial charge < -0.3 is 10.3 Å². The Labute approximate surface area is 125 Å². The predicted molar refractivity (Wildman–Crippen MR) is 80.1 cm³/mol. The molecule has 0 fully saturated rings. The number of aromatic nitrogens is 2. The Balaban J connectivity index is 1.67. The number of halogens is 1. The van der Waals surface area contributed by atoms with Gasteiger partial charge in [-0.05, 0) is 48.5 Å². The van der Waals surface area contributed by atoms with Crippen LogP contribution in [0.2, 0.25) is 0 Å². The van der Waals surface area contributed by atoms with Crippen LogP contribution in [-0.2, 0) is 5.75 Å². The zero-order chi connectivity index (χ0) is 14.7. The van der Waals surface area contributed by atoms with Crippen molar-refractivity contribution in [3.05, 3.63) is 60.2 Å². The van der Waals surface area contributed by atoms with E-state index in [1.807, 2.05) is 24.3 Å². The number of nitrogens with two attached hydrogens (primary N) is 1. The molecule has 0 atom stereocenters. The molecule has 2 aromatic carbocycles. The number of hydrogen-bond donors (Lipinski definition) is 1. The van der Waals surface area contributed by atoms with E-state index in [0.717, 1.165) is 16.1 Å². The maximum Gasteiger partial charge on any atom is 0.237 e. The summed E-state index contributed by atoms with van der Waals surface area (Å²) in [6.07, 6.45) is 0. The van der Waals surface area contributed by atoms with Gasteiger partial charge in [-0.15, -0.1) is 11.8 Å². The van der Waals surface area contributed by atoms with Crippen LogP contribution in [0.25, 0.3) is 11.4 Å². The highest BCUT2D eigenvalue weighted by Crippen LogP contribution is 2.24. The van der Waals surface area contributed by atoms with Crippen LogP contribution in [0.1, 0.15) is 5.89 Å². The molecule has 0 aliphatic carbocycles. The van der Waals surface area contributed by atoms with Crippen molar-refractivity contribution in [2.75, 3.05) is 5.73 Å². The third-order valence-electron chi connectivity index (χ3n) is 2.81. The van der Waals surface area contributed by atoms with E-state index in [9.17, 15) is 4.39 Å². The van der Waals surface area contributed by atoms with E-state index in [1.54, 1.807) is 23.9 Å². The summed E-state index contributed by atoms with van der Waals surface area (Å²) < 4.78 is 18.1. The Hall–Kier alpha value is -2.34. The number of thioether (sulfide) groups is 1. The summed E-state index contributed by atoms with van der Waals surface area (Å²) >= 11 is 1.58. The van der Waals surface area contributed by atoms with Gasteiger partial charge >= 0.3 is 0 Å². The lowest BCUT2D eigenvalue weighted by molar-refractivity contribution is 0.391. The van der Waals surface area contributed by atoms with Gasteiger partial charge in [0.25, 0.3) is 0 Å². The fourth-order valence-electron chi connectivity index (χ4n) is 1.74. The summed E-state index contributed by atoms with van der Waals surface area (Å²) in [5.41, 5.74) is 7.09. The van der Waals surface area contributed by atoms with Crippen molar-refractivity contribution in [3.8, 4) is 11.4 Å². The lowest BCUT2D eigenvalue weighted by Gasteiger charge is -1.98. The maximum atomic E-state index is 12.9. The maximum absolute atomic E-state index is 12.9. The fourth-order valence-corrected chi connectivity index (χ4v) is 2.47. The summed E-state index contributed by atoms with van der Waals surface area (Å²) in [6.45, 7) is 0. The van der Waals surface area contributed by atoms with E-state index in [0.29, 0.717) is 17.5 Å². The number of hydrogen-bond acceptors (Lipinski definition) is 5. The number of nitrogen functional groups attached to an aromatic ring is 1. The van der Waals surface area contributed by atoms with Gasteiger partial charge in [0.2, 0.25) is 11.7 Å². The average molecular weight is 301 g/mol. The van der Waals surface area contributed by atoms with E-state index < -0.39 is 0 Å². The lowest BCUT2D eigenvalue weighted by Crippen LogP contribution is -1.85. The molecule has 0 spiro atoms. The molecule has 1 aromatic heterocycles. The summed E-state index contributed by atoms with van der Waals surface area (Å²) in [4.78, 5) is 5.37. The SMILES string of the molecule is Nc1ccc(SCc2nc(-c3ccc(F)cc3)no2)cc1. The number of nitrogens with zero attached hydrogens (tertiary/aromatic N) is 2. The third-order valence-corrected chi connectivity index (χ3v) is 3.81. The van der Waals surface area contributed by atoms with Gasteiger partial charge in [0.05, 0.1) is 5.75 Å².